The van der Waals surface area contributed by atoms with Crippen LogP contribution in [0.1, 0.15) is 16.6 Å². The van der Waals surface area contributed by atoms with E-state index in [2.05, 4.69) is 10.3 Å². The van der Waals surface area contributed by atoms with Crippen molar-refractivity contribution in [1.29, 1.82) is 0 Å². The molecular weight excluding hydrogens is 256 g/mol. The van der Waals surface area contributed by atoms with E-state index in [4.69, 9.17) is 5.11 Å². The van der Waals surface area contributed by atoms with Gasteiger partial charge in [-0.15, -0.1) is 22.7 Å². The highest BCUT2D eigenvalue weighted by molar-refractivity contribution is 7.21. The fourth-order valence-corrected chi connectivity index (χ4v) is 2.86. The molecule has 1 atom stereocenters. The average Bonchev–Trinajstić information content (AvgIpc) is 2.94. The number of aliphatic hydroxyl groups excluding tert-OH is 1. The summed E-state index contributed by atoms with van der Waals surface area (Å²) in [5, 5.41) is 14.5. The number of hydrogen-bond acceptors (Lipinski definition) is 5. The molecule has 0 spiro atoms. The highest BCUT2D eigenvalue weighted by Gasteiger charge is 2.12. The van der Waals surface area contributed by atoms with Crippen LogP contribution in [-0.2, 0) is 0 Å². The summed E-state index contributed by atoms with van der Waals surface area (Å²) in [5.74, 6) is -0.189. The predicted molar refractivity (Wildman–Crippen MR) is 69.4 cm³/mol. The SMILES string of the molecule is CC(O)CNC(=O)c1cnc(-c2cccs2)s1. The van der Waals surface area contributed by atoms with Crippen LogP contribution >= 0.6 is 22.7 Å². The number of aromatic nitrogens is 1. The van der Waals surface area contributed by atoms with Gasteiger partial charge in [-0.25, -0.2) is 4.98 Å². The van der Waals surface area contributed by atoms with Crippen LogP contribution in [0.2, 0.25) is 0 Å². The molecule has 0 saturated heterocycles. The first-order chi connectivity index (χ1) is 8.16. The zero-order valence-electron chi connectivity index (χ0n) is 9.21. The molecule has 1 amide bonds. The molecule has 6 heteroatoms. The molecule has 0 saturated carbocycles. The van der Waals surface area contributed by atoms with E-state index >= 15 is 0 Å². The van der Waals surface area contributed by atoms with Crippen molar-refractivity contribution in [2.24, 2.45) is 0 Å². The largest absolute Gasteiger partial charge is 0.392 e. The third-order valence-electron chi connectivity index (χ3n) is 2.02. The van der Waals surface area contributed by atoms with Gasteiger partial charge < -0.3 is 10.4 Å². The lowest BCUT2D eigenvalue weighted by atomic mass is 10.4. The number of nitrogens with one attached hydrogen (secondary N) is 1. The second-order valence-electron chi connectivity index (χ2n) is 3.57. The van der Waals surface area contributed by atoms with Crippen molar-refractivity contribution in [1.82, 2.24) is 10.3 Å². The van der Waals surface area contributed by atoms with Gasteiger partial charge in [0.15, 0.2) is 0 Å². The number of nitrogens with zero attached hydrogens (tertiary/aromatic N) is 1. The Hall–Kier alpha value is -1.24. The normalized spacial score (nSPS) is 12.4. The van der Waals surface area contributed by atoms with Crippen LogP contribution in [0.3, 0.4) is 0 Å². The smallest absolute Gasteiger partial charge is 0.263 e. The van der Waals surface area contributed by atoms with Crippen molar-refractivity contribution < 1.29 is 9.90 Å². The van der Waals surface area contributed by atoms with E-state index in [1.54, 1.807) is 24.5 Å². The molecule has 0 aliphatic heterocycles. The average molecular weight is 268 g/mol. The molecule has 0 aliphatic carbocycles. The van der Waals surface area contributed by atoms with Gasteiger partial charge >= 0.3 is 0 Å². The summed E-state index contributed by atoms with van der Waals surface area (Å²) < 4.78 is 0. The van der Waals surface area contributed by atoms with E-state index in [0.29, 0.717) is 4.88 Å². The number of thiazole rings is 1. The third-order valence-corrected chi connectivity index (χ3v) is 4.05. The first-order valence-corrected chi connectivity index (χ1v) is 6.82. The maximum atomic E-state index is 11.7. The fourth-order valence-electron chi connectivity index (χ4n) is 1.22. The molecule has 17 heavy (non-hydrogen) atoms. The Kier molecular flexibility index (Phi) is 3.88. The summed E-state index contributed by atoms with van der Waals surface area (Å²) in [5.41, 5.74) is 0. The van der Waals surface area contributed by atoms with Crippen LogP contribution in [0.25, 0.3) is 9.88 Å². The molecule has 2 N–H and O–H groups in total. The minimum absolute atomic E-state index is 0.189. The molecule has 0 aliphatic rings. The molecular formula is C11H12N2O2S2. The van der Waals surface area contributed by atoms with Gasteiger partial charge in [0, 0.05) is 6.54 Å². The summed E-state index contributed by atoms with van der Waals surface area (Å²) in [6.07, 6.45) is 1.03. The van der Waals surface area contributed by atoms with Crippen molar-refractivity contribution in [3.8, 4) is 9.88 Å². The van der Waals surface area contributed by atoms with Crippen LogP contribution < -0.4 is 5.32 Å². The Balaban J connectivity index is 2.05. The highest BCUT2D eigenvalue weighted by atomic mass is 32.1. The zero-order chi connectivity index (χ0) is 12.3. The Morgan fingerprint density at radius 1 is 1.65 bits per heavy atom. The van der Waals surface area contributed by atoms with Gasteiger partial charge in [0.25, 0.3) is 5.91 Å². The Bertz CT molecular complexity index is 491. The number of thiophene rings is 1. The molecule has 2 heterocycles. The predicted octanol–water partition coefficient (Wildman–Crippen LogP) is 1.98. The maximum absolute atomic E-state index is 11.7. The summed E-state index contributed by atoms with van der Waals surface area (Å²) in [6, 6.07) is 3.93. The van der Waals surface area contributed by atoms with Gasteiger partial charge in [-0.05, 0) is 18.4 Å². The molecule has 0 bridgehead atoms. The summed E-state index contributed by atoms with van der Waals surface area (Å²) in [7, 11) is 0. The zero-order valence-corrected chi connectivity index (χ0v) is 10.8. The molecule has 0 aromatic carbocycles. The van der Waals surface area contributed by atoms with Crippen LogP contribution in [0.15, 0.2) is 23.7 Å². The van der Waals surface area contributed by atoms with E-state index in [0.717, 1.165) is 9.88 Å². The molecule has 90 valence electrons. The first kappa shape index (κ1) is 12.2. The van der Waals surface area contributed by atoms with E-state index < -0.39 is 6.10 Å². The summed E-state index contributed by atoms with van der Waals surface area (Å²) >= 11 is 2.95. The topological polar surface area (TPSA) is 62.2 Å². The van der Waals surface area contributed by atoms with Gasteiger partial charge in [-0.2, -0.15) is 0 Å². The van der Waals surface area contributed by atoms with Crippen molar-refractivity contribution in [2.45, 2.75) is 13.0 Å². The van der Waals surface area contributed by atoms with E-state index in [9.17, 15) is 4.79 Å². The second kappa shape index (κ2) is 5.39. The maximum Gasteiger partial charge on any atom is 0.263 e. The second-order valence-corrected chi connectivity index (χ2v) is 5.54. The number of amides is 1. The number of rotatable bonds is 4. The van der Waals surface area contributed by atoms with Crippen LogP contribution in [-0.4, -0.2) is 28.6 Å². The van der Waals surface area contributed by atoms with E-state index in [1.807, 2.05) is 17.5 Å². The Morgan fingerprint density at radius 3 is 3.12 bits per heavy atom. The molecule has 1 unspecified atom stereocenters. The lowest BCUT2D eigenvalue weighted by Crippen LogP contribution is -2.29. The molecule has 0 fully saturated rings. The van der Waals surface area contributed by atoms with E-state index in [1.165, 1.54) is 11.3 Å². The lowest BCUT2D eigenvalue weighted by molar-refractivity contribution is 0.0928. The van der Waals surface area contributed by atoms with Gasteiger partial charge in [0.2, 0.25) is 0 Å². The molecule has 2 rings (SSSR count). The first-order valence-electron chi connectivity index (χ1n) is 5.13. The van der Waals surface area contributed by atoms with Gasteiger partial charge in [0.1, 0.15) is 9.88 Å². The Morgan fingerprint density at radius 2 is 2.47 bits per heavy atom. The number of hydrogen-bond donors (Lipinski definition) is 2. The van der Waals surface area contributed by atoms with Crippen molar-refractivity contribution in [2.75, 3.05) is 6.54 Å². The fraction of sp³-hybridized carbons (Fsp3) is 0.273. The molecule has 2 aromatic rings. The number of carbonyl (C=O) groups excluding carboxylic acids is 1. The summed E-state index contributed by atoms with van der Waals surface area (Å²) in [6.45, 7) is 1.88. The van der Waals surface area contributed by atoms with Crippen LogP contribution in [0, 0.1) is 0 Å². The van der Waals surface area contributed by atoms with Gasteiger partial charge in [-0.1, -0.05) is 6.07 Å². The summed E-state index contributed by atoms with van der Waals surface area (Å²) in [4.78, 5) is 17.5. The minimum Gasteiger partial charge on any atom is -0.392 e. The van der Waals surface area contributed by atoms with Crippen molar-refractivity contribution in [3.63, 3.8) is 0 Å². The third kappa shape index (κ3) is 3.12. The number of carbonyl (C=O) groups is 1. The monoisotopic (exact) mass is 268 g/mol. The Labute approximate surface area is 107 Å². The molecule has 2 aromatic heterocycles. The number of aliphatic hydroxyl groups is 1. The quantitative estimate of drug-likeness (QED) is 0.891. The molecule has 4 nitrogen and oxygen atoms in total. The van der Waals surface area contributed by atoms with Gasteiger partial charge in [-0.3, -0.25) is 4.79 Å². The van der Waals surface area contributed by atoms with Crippen LogP contribution in [0.5, 0.6) is 0 Å². The van der Waals surface area contributed by atoms with Crippen molar-refractivity contribution >= 4 is 28.6 Å². The standard InChI is InChI=1S/C11H12N2O2S2/c1-7(14)5-12-10(15)9-6-13-11(17-9)8-3-2-4-16-8/h2-4,6-7,14H,5H2,1H3,(H,12,15). The molecule has 0 radical (unpaired) electrons. The lowest BCUT2D eigenvalue weighted by Gasteiger charge is -2.04. The minimum atomic E-state index is -0.538. The van der Waals surface area contributed by atoms with Crippen LogP contribution in [0.4, 0.5) is 0 Å². The van der Waals surface area contributed by atoms with Crippen molar-refractivity contribution in [3.05, 3.63) is 28.6 Å². The van der Waals surface area contributed by atoms with E-state index in [-0.39, 0.29) is 12.5 Å². The highest BCUT2D eigenvalue weighted by Crippen LogP contribution is 2.28. The van der Waals surface area contributed by atoms with Gasteiger partial charge in [0.05, 0.1) is 17.2 Å².